The first-order valence-electron chi connectivity index (χ1n) is 13.7. The number of nitrogens with zero attached hydrogens (tertiary/aromatic N) is 4. The molecule has 1 aromatic carbocycles. The molecule has 0 spiro atoms. The molecule has 0 unspecified atom stereocenters. The highest BCUT2D eigenvalue weighted by Crippen LogP contribution is 2.20. The number of aromatic nitrogens is 2. The zero-order chi connectivity index (χ0) is 29.4. The van der Waals surface area contributed by atoms with E-state index in [1.54, 1.807) is 24.0 Å². The maximum Gasteiger partial charge on any atom is 0.270 e. The van der Waals surface area contributed by atoms with Gasteiger partial charge in [0.05, 0.1) is 5.69 Å². The van der Waals surface area contributed by atoms with Crippen molar-refractivity contribution in [3.8, 4) is 0 Å². The first kappa shape index (κ1) is 30.7. The molecule has 12 heteroatoms. The fourth-order valence-corrected chi connectivity index (χ4v) is 4.70. The van der Waals surface area contributed by atoms with Crippen molar-refractivity contribution in [2.75, 3.05) is 32.5 Å². The molecule has 3 N–H and O–H groups in total. The van der Waals surface area contributed by atoms with Crippen molar-refractivity contribution in [2.45, 2.75) is 71.1 Å². The summed E-state index contributed by atoms with van der Waals surface area (Å²) < 4.78 is 16.5. The molecule has 0 saturated carbocycles. The number of hydrogen-bond donors (Lipinski definition) is 3. The number of benzene rings is 1. The Labute approximate surface area is 234 Å². The van der Waals surface area contributed by atoms with Crippen LogP contribution >= 0.6 is 0 Å². The Bertz CT molecular complexity index is 1210. The largest absolute Gasteiger partial charge is 0.344 e. The quantitative estimate of drug-likeness (QED) is 0.387. The summed E-state index contributed by atoms with van der Waals surface area (Å²) in [5.74, 6) is -2.19. The molecule has 0 aliphatic carbocycles. The summed E-state index contributed by atoms with van der Waals surface area (Å²) in [4.78, 5) is 54.6. The lowest BCUT2D eigenvalue weighted by atomic mass is 10.00. The second kappa shape index (κ2) is 14.0. The van der Waals surface area contributed by atoms with Crippen molar-refractivity contribution in [3.05, 3.63) is 47.5 Å². The molecule has 2 heterocycles. The van der Waals surface area contributed by atoms with Crippen LogP contribution in [0.3, 0.4) is 0 Å². The first-order valence-corrected chi connectivity index (χ1v) is 13.7. The van der Waals surface area contributed by atoms with E-state index in [9.17, 15) is 19.2 Å². The summed E-state index contributed by atoms with van der Waals surface area (Å²) in [6.45, 7) is 6.73. The Balaban J connectivity index is 1.64. The molecule has 1 aromatic heterocycles. The highest BCUT2D eigenvalue weighted by Gasteiger charge is 2.30. The third-order valence-corrected chi connectivity index (χ3v) is 7.18. The lowest BCUT2D eigenvalue weighted by Gasteiger charge is -2.37. The van der Waals surface area contributed by atoms with E-state index in [1.165, 1.54) is 29.9 Å². The van der Waals surface area contributed by atoms with Crippen molar-refractivity contribution in [1.82, 2.24) is 30.2 Å². The summed E-state index contributed by atoms with van der Waals surface area (Å²) >= 11 is 0. The number of nitrogens with one attached hydrogen (secondary N) is 3. The van der Waals surface area contributed by atoms with Crippen molar-refractivity contribution < 1.29 is 23.6 Å². The normalized spacial score (nSPS) is 15.4. The van der Waals surface area contributed by atoms with Gasteiger partial charge in [-0.2, -0.15) is 5.10 Å². The number of rotatable bonds is 11. The Morgan fingerprint density at radius 2 is 1.80 bits per heavy atom. The van der Waals surface area contributed by atoms with Gasteiger partial charge < -0.3 is 25.8 Å². The zero-order valence-electron chi connectivity index (χ0n) is 23.9. The van der Waals surface area contributed by atoms with Gasteiger partial charge in [0.1, 0.15) is 23.6 Å². The van der Waals surface area contributed by atoms with E-state index in [-0.39, 0.29) is 30.3 Å². The first-order chi connectivity index (χ1) is 19.0. The van der Waals surface area contributed by atoms with E-state index in [0.29, 0.717) is 36.9 Å². The van der Waals surface area contributed by atoms with Crippen LogP contribution in [0.15, 0.2) is 30.5 Å². The SMILES string of the molecule is CCC(=O)N[C@H](Cc1ccc(NC(=O)[C@H](C)NC(=O)c2ccnn2CC)c(F)c1)C(=O)N1CCC(N(C)C)CC1. The predicted molar refractivity (Wildman–Crippen MR) is 149 cm³/mol. The van der Waals surface area contributed by atoms with Crippen LogP contribution in [0.4, 0.5) is 10.1 Å². The molecule has 218 valence electrons. The predicted octanol–water partition coefficient (Wildman–Crippen LogP) is 1.79. The van der Waals surface area contributed by atoms with Crippen LogP contribution < -0.4 is 16.0 Å². The molecule has 1 fully saturated rings. The minimum Gasteiger partial charge on any atom is -0.344 e. The zero-order valence-corrected chi connectivity index (χ0v) is 23.9. The van der Waals surface area contributed by atoms with E-state index < -0.39 is 29.7 Å². The summed E-state index contributed by atoms with van der Waals surface area (Å²) in [7, 11) is 4.04. The van der Waals surface area contributed by atoms with E-state index in [2.05, 4.69) is 25.9 Å². The van der Waals surface area contributed by atoms with E-state index in [1.807, 2.05) is 21.0 Å². The van der Waals surface area contributed by atoms with Gasteiger partial charge >= 0.3 is 0 Å². The molecule has 1 saturated heterocycles. The van der Waals surface area contributed by atoms with Crippen LogP contribution in [0.2, 0.25) is 0 Å². The molecule has 11 nitrogen and oxygen atoms in total. The molecule has 0 bridgehead atoms. The van der Waals surface area contributed by atoms with Gasteiger partial charge in [-0.05, 0) is 64.5 Å². The van der Waals surface area contributed by atoms with E-state index in [0.717, 1.165) is 12.8 Å². The number of hydrogen-bond acceptors (Lipinski definition) is 6. The average Bonchev–Trinajstić information content (AvgIpc) is 3.43. The number of anilines is 1. The average molecular weight is 558 g/mol. The molecule has 2 aromatic rings. The number of carbonyl (C=O) groups excluding carboxylic acids is 4. The maximum atomic E-state index is 15.0. The molecule has 0 radical (unpaired) electrons. The summed E-state index contributed by atoms with van der Waals surface area (Å²) in [5.41, 5.74) is 0.765. The Kier molecular flexibility index (Phi) is 10.8. The van der Waals surface area contributed by atoms with Gasteiger partial charge in [0.2, 0.25) is 17.7 Å². The van der Waals surface area contributed by atoms with E-state index >= 15 is 4.39 Å². The lowest BCUT2D eigenvalue weighted by Crippen LogP contribution is -2.53. The Morgan fingerprint density at radius 1 is 1.10 bits per heavy atom. The van der Waals surface area contributed by atoms with Gasteiger partial charge in [0, 0.05) is 44.7 Å². The van der Waals surface area contributed by atoms with Crippen molar-refractivity contribution in [1.29, 1.82) is 0 Å². The van der Waals surface area contributed by atoms with Crippen molar-refractivity contribution in [3.63, 3.8) is 0 Å². The summed E-state index contributed by atoms with van der Waals surface area (Å²) in [6.07, 6.45) is 3.52. The fourth-order valence-electron chi connectivity index (χ4n) is 4.70. The topological polar surface area (TPSA) is 129 Å². The fraction of sp³-hybridized carbons (Fsp3) is 0.536. The number of likely N-dealkylation sites (tertiary alicyclic amines) is 1. The van der Waals surface area contributed by atoms with Crippen LogP contribution in [-0.4, -0.2) is 88.5 Å². The molecule has 2 atom stereocenters. The molecule has 1 aliphatic rings. The minimum absolute atomic E-state index is 0.0559. The van der Waals surface area contributed by atoms with E-state index in [4.69, 9.17) is 0 Å². The second-order valence-corrected chi connectivity index (χ2v) is 10.2. The highest BCUT2D eigenvalue weighted by molar-refractivity contribution is 6.00. The maximum absolute atomic E-state index is 15.0. The molecule has 3 rings (SSSR count). The van der Waals surface area contributed by atoms with Gasteiger partial charge in [-0.1, -0.05) is 13.0 Å². The van der Waals surface area contributed by atoms with Gasteiger partial charge in [-0.15, -0.1) is 0 Å². The molecular weight excluding hydrogens is 517 g/mol. The van der Waals surface area contributed by atoms with Gasteiger partial charge in [-0.3, -0.25) is 23.9 Å². The van der Waals surface area contributed by atoms with Gasteiger partial charge in [0.25, 0.3) is 5.91 Å². The minimum atomic E-state index is -0.935. The molecular formula is C28H40FN7O4. The van der Waals surface area contributed by atoms with Crippen LogP contribution in [-0.2, 0) is 27.3 Å². The third kappa shape index (κ3) is 7.87. The smallest absolute Gasteiger partial charge is 0.270 e. The summed E-state index contributed by atoms with van der Waals surface area (Å²) in [6, 6.07) is 4.46. The number of halogens is 1. The molecule has 40 heavy (non-hydrogen) atoms. The monoisotopic (exact) mass is 557 g/mol. The highest BCUT2D eigenvalue weighted by atomic mass is 19.1. The van der Waals surface area contributed by atoms with Gasteiger partial charge in [0.15, 0.2) is 0 Å². The molecule has 1 aliphatic heterocycles. The van der Waals surface area contributed by atoms with Crippen LogP contribution in [0.1, 0.15) is 56.1 Å². The number of amides is 4. The standard InChI is InChI=1S/C28H40FN7O4/c1-6-25(37)32-23(28(40)35-14-11-20(12-15-35)34(4)5)17-19-8-9-22(21(29)16-19)33-26(38)18(3)31-27(39)24-10-13-30-36(24)7-2/h8-10,13,16,18,20,23H,6-7,11-12,14-15,17H2,1-5H3,(H,31,39)(H,32,37)(H,33,38)/t18-,23+/m0/s1. The number of piperidine rings is 1. The van der Waals surface area contributed by atoms with Gasteiger partial charge in [-0.25, -0.2) is 4.39 Å². The number of aryl methyl sites for hydroxylation is 1. The molecule has 4 amide bonds. The van der Waals surface area contributed by atoms with Crippen molar-refractivity contribution >= 4 is 29.3 Å². The van der Waals surface area contributed by atoms with Crippen LogP contribution in [0, 0.1) is 5.82 Å². The Hall–Kier alpha value is -3.80. The van der Waals surface area contributed by atoms with Crippen LogP contribution in [0.5, 0.6) is 0 Å². The summed E-state index contributed by atoms with van der Waals surface area (Å²) in [5, 5.41) is 11.9. The Morgan fingerprint density at radius 3 is 2.40 bits per heavy atom. The second-order valence-electron chi connectivity index (χ2n) is 10.2. The van der Waals surface area contributed by atoms with Crippen molar-refractivity contribution in [2.24, 2.45) is 0 Å². The van der Waals surface area contributed by atoms with Crippen LogP contribution in [0.25, 0.3) is 0 Å². The lowest BCUT2D eigenvalue weighted by molar-refractivity contribution is -0.137. The number of carbonyl (C=O) groups is 4. The third-order valence-electron chi connectivity index (χ3n) is 7.18.